The number of nitrogens with one attached hydrogen (secondary N) is 1. The number of hydrogen-bond acceptors (Lipinski definition) is 1. The van der Waals surface area contributed by atoms with Crippen molar-refractivity contribution in [1.82, 2.24) is 4.90 Å². The largest absolute Gasteiger partial charge is 0.325 e. The molecule has 3 nitrogen and oxygen atoms in total. The Labute approximate surface area is 108 Å². The van der Waals surface area contributed by atoms with Gasteiger partial charge in [0.05, 0.1) is 5.69 Å². The number of urea groups is 1. The molecule has 0 aliphatic heterocycles. The molecule has 0 aromatic heterocycles. The van der Waals surface area contributed by atoms with Crippen LogP contribution in [0.3, 0.4) is 0 Å². The quantitative estimate of drug-likeness (QED) is 0.868. The standard InChI is InChI=1S/C14H21FN2O/c1-5-6-11(3)17(4)14(18)16-13-9-10(2)7-8-12(13)15/h7-9,11H,5-6H2,1-4H3,(H,16,18)/t11-/m0/s1. The lowest BCUT2D eigenvalue weighted by atomic mass is 10.2. The van der Waals surface area contributed by atoms with E-state index in [1.807, 2.05) is 13.8 Å². The van der Waals surface area contributed by atoms with Crippen LogP contribution in [0, 0.1) is 12.7 Å². The monoisotopic (exact) mass is 252 g/mol. The van der Waals surface area contributed by atoms with Gasteiger partial charge in [-0.3, -0.25) is 0 Å². The van der Waals surface area contributed by atoms with Gasteiger partial charge in [0.15, 0.2) is 0 Å². The fourth-order valence-electron chi connectivity index (χ4n) is 1.75. The van der Waals surface area contributed by atoms with Gasteiger partial charge >= 0.3 is 6.03 Å². The first-order chi connectivity index (χ1) is 8.45. The van der Waals surface area contributed by atoms with E-state index in [1.54, 1.807) is 24.1 Å². The lowest BCUT2D eigenvalue weighted by Gasteiger charge is -2.25. The number of aryl methyl sites for hydroxylation is 1. The Balaban J connectivity index is 2.72. The highest BCUT2D eigenvalue weighted by Gasteiger charge is 2.16. The fourth-order valence-corrected chi connectivity index (χ4v) is 1.75. The lowest BCUT2D eigenvalue weighted by Crippen LogP contribution is -2.38. The number of hydrogen-bond donors (Lipinski definition) is 1. The summed E-state index contributed by atoms with van der Waals surface area (Å²) in [4.78, 5) is 13.5. The Bertz CT molecular complexity index is 420. The normalized spacial score (nSPS) is 12.1. The molecule has 0 spiro atoms. The van der Waals surface area contributed by atoms with Crippen molar-refractivity contribution in [3.63, 3.8) is 0 Å². The van der Waals surface area contributed by atoms with Crippen LogP contribution in [-0.2, 0) is 0 Å². The smallest absolute Gasteiger partial charge is 0.321 e. The number of amides is 2. The van der Waals surface area contributed by atoms with E-state index in [-0.39, 0.29) is 17.8 Å². The zero-order chi connectivity index (χ0) is 13.7. The van der Waals surface area contributed by atoms with Gasteiger partial charge in [-0.25, -0.2) is 9.18 Å². The molecule has 0 radical (unpaired) electrons. The van der Waals surface area contributed by atoms with Gasteiger partial charge in [-0.1, -0.05) is 19.4 Å². The van der Waals surface area contributed by atoms with E-state index in [1.165, 1.54) is 6.07 Å². The number of carbonyl (C=O) groups excluding carboxylic acids is 1. The first-order valence-corrected chi connectivity index (χ1v) is 6.25. The second-order valence-electron chi connectivity index (χ2n) is 4.66. The molecule has 0 aliphatic rings. The number of carbonyl (C=O) groups is 1. The highest BCUT2D eigenvalue weighted by molar-refractivity contribution is 5.89. The van der Waals surface area contributed by atoms with Gasteiger partial charge < -0.3 is 10.2 Å². The molecule has 0 saturated carbocycles. The summed E-state index contributed by atoms with van der Waals surface area (Å²) in [6, 6.07) is 4.53. The maximum Gasteiger partial charge on any atom is 0.321 e. The van der Waals surface area contributed by atoms with Crippen molar-refractivity contribution in [2.45, 2.75) is 39.7 Å². The molecule has 0 bridgehead atoms. The van der Waals surface area contributed by atoms with Crippen molar-refractivity contribution < 1.29 is 9.18 Å². The van der Waals surface area contributed by atoms with E-state index in [4.69, 9.17) is 0 Å². The summed E-state index contributed by atoms with van der Waals surface area (Å²) in [6.07, 6.45) is 1.94. The van der Waals surface area contributed by atoms with E-state index in [2.05, 4.69) is 12.2 Å². The highest BCUT2D eigenvalue weighted by atomic mass is 19.1. The molecule has 1 rings (SSSR count). The second-order valence-corrected chi connectivity index (χ2v) is 4.66. The fraction of sp³-hybridized carbons (Fsp3) is 0.500. The second kappa shape index (κ2) is 6.38. The van der Waals surface area contributed by atoms with E-state index < -0.39 is 5.82 Å². The molecule has 0 fully saturated rings. The predicted molar refractivity (Wildman–Crippen MR) is 72.3 cm³/mol. The first-order valence-electron chi connectivity index (χ1n) is 6.25. The van der Waals surface area contributed by atoms with Crippen molar-refractivity contribution in [3.8, 4) is 0 Å². The minimum absolute atomic E-state index is 0.142. The third kappa shape index (κ3) is 3.72. The first kappa shape index (κ1) is 14.5. The van der Waals surface area contributed by atoms with Gasteiger partial charge in [-0.05, 0) is 38.0 Å². The molecule has 0 saturated heterocycles. The van der Waals surface area contributed by atoms with Crippen LogP contribution in [0.5, 0.6) is 0 Å². The summed E-state index contributed by atoms with van der Waals surface area (Å²) in [5, 5.41) is 2.60. The van der Waals surface area contributed by atoms with Crippen LogP contribution < -0.4 is 5.32 Å². The van der Waals surface area contributed by atoms with Crippen molar-refractivity contribution in [2.24, 2.45) is 0 Å². The van der Waals surface area contributed by atoms with Crippen LogP contribution in [0.15, 0.2) is 18.2 Å². The zero-order valence-electron chi connectivity index (χ0n) is 11.5. The molecule has 1 N–H and O–H groups in total. The summed E-state index contributed by atoms with van der Waals surface area (Å²) in [5.74, 6) is -0.412. The minimum atomic E-state index is -0.412. The summed E-state index contributed by atoms with van der Waals surface area (Å²) in [6.45, 7) is 5.91. The Hall–Kier alpha value is -1.58. The van der Waals surface area contributed by atoms with Gasteiger partial charge in [-0.2, -0.15) is 0 Å². The lowest BCUT2D eigenvalue weighted by molar-refractivity contribution is 0.204. The summed E-state index contributed by atoms with van der Waals surface area (Å²) in [7, 11) is 1.73. The molecule has 1 aromatic rings. The van der Waals surface area contributed by atoms with Crippen LogP contribution in [0.2, 0.25) is 0 Å². The molecule has 18 heavy (non-hydrogen) atoms. The topological polar surface area (TPSA) is 32.3 Å². The van der Waals surface area contributed by atoms with Crippen molar-refractivity contribution >= 4 is 11.7 Å². The SMILES string of the molecule is CCC[C@H](C)N(C)C(=O)Nc1cc(C)ccc1F. The van der Waals surface area contributed by atoms with Gasteiger partial charge in [0, 0.05) is 13.1 Å². The van der Waals surface area contributed by atoms with Crippen molar-refractivity contribution in [1.29, 1.82) is 0 Å². The maximum absolute atomic E-state index is 13.5. The van der Waals surface area contributed by atoms with Crippen LogP contribution in [0.4, 0.5) is 14.9 Å². The number of anilines is 1. The van der Waals surface area contributed by atoms with Crippen LogP contribution in [0.1, 0.15) is 32.3 Å². The van der Waals surface area contributed by atoms with Crippen molar-refractivity contribution in [2.75, 3.05) is 12.4 Å². The third-order valence-corrected chi connectivity index (χ3v) is 3.05. The molecule has 100 valence electrons. The third-order valence-electron chi connectivity index (χ3n) is 3.05. The number of nitrogens with zero attached hydrogens (tertiary/aromatic N) is 1. The van der Waals surface area contributed by atoms with Crippen LogP contribution in [-0.4, -0.2) is 24.0 Å². The number of benzene rings is 1. The molecular weight excluding hydrogens is 231 g/mol. The Morgan fingerprint density at radius 2 is 2.17 bits per heavy atom. The van der Waals surface area contributed by atoms with Gasteiger partial charge in [0.25, 0.3) is 0 Å². The average molecular weight is 252 g/mol. The minimum Gasteiger partial charge on any atom is -0.325 e. The van der Waals surface area contributed by atoms with E-state index >= 15 is 0 Å². The average Bonchev–Trinajstić information content (AvgIpc) is 2.33. The molecule has 2 amide bonds. The van der Waals surface area contributed by atoms with Gasteiger partial charge in [0.2, 0.25) is 0 Å². The molecule has 0 aliphatic carbocycles. The van der Waals surface area contributed by atoms with E-state index in [0.717, 1.165) is 18.4 Å². The Kier molecular flexibility index (Phi) is 5.13. The summed E-state index contributed by atoms with van der Waals surface area (Å²) in [5.41, 5.74) is 1.14. The molecule has 1 atom stereocenters. The molecule has 4 heteroatoms. The Morgan fingerprint density at radius 1 is 1.50 bits per heavy atom. The molecular formula is C14H21FN2O. The number of rotatable bonds is 4. The number of halogens is 1. The highest BCUT2D eigenvalue weighted by Crippen LogP contribution is 2.16. The van der Waals surface area contributed by atoms with Gasteiger partial charge in [0.1, 0.15) is 5.82 Å². The van der Waals surface area contributed by atoms with Crippen LogP contribution in [0.25, 0.3) is 0 Å². The van der Waals surface area contributed by atoms with E-state index in [9.17, 15) is 9.18 Å². The maximum atomic E-state index is 13.5. The Morgan fingerprint density at radius 3 is 2.78 bits per heavy atom. The zero-order valence-corrected chi connectivity index (χ0v) is 11.5. The van der Waals surface area contributed by atoms with Gasteiger partial charge in [-0.15, -0.1) is 0 Å². The summed E-state index contributed by atoms with van der Waals surface area (Å²) >= 11 is 0. The van der Waals surface area contributed by atoms with Crippen molar-refractivity contribution in [3.05, 3.63) is 29.6 Å². The molecule has 1 aromatic carbocycles. The summed E-state index contributed by atoms with van der Waals surface area (Å²) < 4.78 is 13.5. The molecule has 0 unspecified atom stereocenters. The predicted octanol–water partition coefficient (Wildman–Crippen LogP) is 3.79. The molecule has 0 heterocycles. The van der Waals surface area contributed by atoms with Crippen LogP contribution >= 0.6 is 0 Å². The van der Waals surface area contributed by atoms with E-state index in [0.29, 0.717) is 0 Å².